The molecular weight excluding hydrogens is 665 g/mol. The van der Waals surface area contributed by atoms with Gasteiger partial charge in [-0.2, -0.15) is 0 Å². The third kappa shape index (κ3) is 8.38. The number of rotatable bonds is 4. The number of fused-ring (bicyclic) bond motifs is 1. The van der Waals surface area contributed by atoms with Gasteiger partial charge in [-0.25, -0.2) is 0 Å². The first kappa shape index (κ1) is 32.0. The number of benzene rings is 2. The number of aliphatic hydroxyl groups is 1. The molecule has 5 nitrogen and oxygen atoms in total. The fourth-order valence-corrected chi connectivity index (χ4v) is 3.73. The van der Waals surface area contributed by atoms with Gasteiger partial charge in [-0.15, -0.1) is 34.9 Å². The second-order valence-electron chi connectivity index (χ2n) is 11.7. The zero-order chi connectivity index (χ0) is 28.3. The molecule has 4 rings (SSSR count). The molecular formula is C33H39IrN2O3-. The summed E-state index contributed by atoms with van der Waals surface area (Å²) in [6.07, 6.45) is 5.40. The van der Waals surface area contributed by atoms with E-state index in [1.165, 1.54) is 11.6 Å². The van der Waals surface area contributed by atoms with Crippen molar-refractivity contribution in [3.05, 3.63) is 90.0 Å². The van der Waals surface area contributed by atoms with Gasteiger partial charge in [-0.05, 0) is 30.3 Å². The molecule has 0 aliphatic heterocycles. The predicted octanol–water partition coefficient (Wildman–Crippen LogP) is 8.21. The van der Waals surface area contributed by atoms with Gasteiger partial charge in [-0.3, -0.25) is 9.78 Å². The van der Waals surface area contributed by atoms with E-state index in [2.05, 4.69) is 47.9 Å². The average molecular weight is 704 g/mol. The third-order valence-corrected chi connectivity index (χ3v) is 6.07. The van der Waals surface area contributed by atoms with Crippen LogP contribution in [0.5, 0.6) is 5.75 Å². The molecule has 0 unspecified atom stereocenters. The molecule has 0 fully saturated rings. The van der Waals surface area contributed by atoms with Crippen LogP contribution in [-0.4, -0.2) is 27.6 Å². The van der Waals surface area contributed by atoms with Crippen LogP contribution in [0, 0.1) is 30.7 Å². The van der Waals surface area contributed by atoms with E-state index >= 15 is 0 Å². The number of hydrogen-bond donors (Lipinski definition) is 1. The molecule has 6 heteroatoms. The number of carbonyl (C=O) groups excluding carboxylic acids is 1. The van der Waals surface area contributed by atoms with Crippen LogP contribution in [0.1, 0.15) is 52.7 Å². The molecule has 39 heavy (non-hydrogen) atoms. The minimum atomic E-state index is -0.417. The number of ether oxygens (including phenoxy) is 1. The summed E-state index contributed by atoms with van der Waals surface area (Å²) in [6.45, 7) is 15.2. The average Bonchev–Trinajstić information content (AvgIpc) is 3.36. The van der Waals surface area contributed by atoms with Crippen LogP contribution in [0.3, 0.4) is 0 Å². The molecule has 0 saturated heterocycles. The second kappa shape index (κ2) is 12.8. The summed E-state index contributed by atoms with van der Waals surface area (Å²) in [5.74, 6) is 0.870. The predicted molar refractivity (Wildman–Crippen MR) is 156 cm³/mol. The Morgan fingerprint density at radius 3 is 2.15 bits per heavy atom. The molecule has 1 N–H and O–H groups in total. The first-order valence-electron chi connectivity index (χ1n) is 12.8. The standard InChI is InChI=1S/C22H19N2O.C11H20O2.Ir/c1-15-10-16(2)12-18(11-15)22-21(25-3)13-17-6-7-19(14-20(17)23-22)24-8-4-5-9-24;1-10(2,3)8(12)7-9(13)11(4,5)6;/h4-11,13-14H,1-3H3;7,12H,1-6H3;/q-1;;/b;8-7-;. The van der Waals surface area contributed by atoms with E-state index in [1.807, 2.05) is 79.1 Å². The molecule has 0 aliphatic rings. The summed E-state index contributed by atoms with van der Waals surface area (Å²) in [5.41, 5.74) is 5.34. The minimum Gasteiger partial charge on any atom is -0.512 e. The second-order valence-corrected chi connectivity index (χ2v) is 11.7. The van der Waals surface area contributed by atoms with Crippen LogP contribution in [0.4, 0.5) is 0 Å². The van der Waals surface area contributed by atoms with Crippen LogP contribution in [0.15, 0.2) is 72.8 Å². The largest absolute Gasteiger partial charge is 0.512 e. The van der Waals surface area contributed by atoms with Crippen molar-refractivity contribution in [3.8, 4) is 22.7 Å². The summed E-state index contributed by atoms with van der Waals surface area (Å²) < 4.78 is 7.68. The summed E-state index contributed by atoms with van der Waals surface area (Å²) >= 11 is 0. The van der Waals surface area contributed by atoms with Crippen molar-refractivity contribution in [1.29, 1.82) is 0 Å². The van der Waals surface area contributed by atoms with Crippen molar-refractivity contribution >= 4 is 16.7 Å². The molecule has 4 aromatic rings. The number of aliphatic hydroxyl groups excluding tert-OH is 1. The van der Waals surface area contributed by atoms with Gasteiger partial charge < -0.3 is 14.4 Å². The Kier molecular flexibility index (Phi) is 10.5. The van der Waals surface area contributed by atoms with Crippen LogP contribution >= 0.6 is 0 Å². The molecule has 0 bridgehead atoms. The van der Waals surface area contributed by atoms with Crippen LogP contribution in [-0.2, 0) is 24.9 Å². The summed E-state index contributed by atoms with van der Waals surface area (Å²) in [4.78, 5) is 16.4. The molecule has 209 valence electrons. The Balaban J connectivity index is 0.000000328. The fraction of sp³-hybridized carbons (Fsp3) is 0.333. The summed E-state index contributed by atoms with van der Waals surface area (Å²) in [5, 5.41) is 10.6. The van der Waals surface area contributed by atoms with Crippen molar-refractivity contribution in [3.63, 3.8) is 0 Å². The number of aryl methyl sites for hydroxylation is 2. The number of allylic oxidation sites excluding steroid dienone is 2. The summed E-state index contributed by atoms with van der Waals surface area (Å²) in [6, 6.07) is 19.9. The quantitative estimate of drug-likeness (QED) is 0.132. The van der Waals surface area contributed by atoms with Crippen LogP contribution in [0.25, 0.3) is 27.8 Å². The van der Waals surface area contributed by atoms with Gasteiger partial charge in [0.25, 0.3) is 0 Å². The van der Waals surface area contributed by atoms with Crippen molar-refractivity contribution < 1.29 is 34.7 Å². The molecule has 0 atom stereocenters. The first-order valence-corrected chi connectivity index (χ1v) is 12.8. The maximum absolute atomic E-state index is 11.5. The Morgan fingerprint density at radius 2 is 1.62 bits per heavy atom. The van der Waals surface area contributed by atoms with E-state index in [9.17, 15) is 9.90 Å². The number of hydrogen-bond acceptors (Lipinski definition) is 4. The van der Waals surface area contributed by atoms with Gasteiger partial charge in [0.15, 0.2) is 5.78 Å². The Bertz CT molecular complexity index is 1440. The van der Waals surface area contributed by atoms with E-state index in [0.29, 0.717) is 0 Å². The van der Waals surface area contributed by atoms with Crippen molar-refractivity contribution in [2.24, 2.45) is 10.8 Å². The van der Waals surface area contributed by atoms with Crippen molar-refractivity contribution in [1.82, 2.24) is 9.55 Å². The first-order chi connectivity index (χ1) is 17.7. The smallest absolute Gasteiger partial charge is 0.164 e. The van der Waals surface area contributed by atoms with Gasteiger partial charge in [0, 0.05) is 66.2 Å². The number of aromatic nitrogens is 2. The van der Waals surface area contributed by atoms with Gasteiger partial charge in [0.2, 0.25) is 0 Å². The number of nitrogens with zero attached hydrogens (tertiary/aromatic N) is 2. The van der Waals surface area contributed by atoms with E-state index in [-0.39, 0.29) is 37.1 Å². The van der Waals surface area contributed by atoms with Crippen molar-refractivity contribution in [2.45, 2.75) is 55.4 Å². The minimum absolute atomic E-state index is 0. The molecule has 0 amide bonds. The molecule has 2 aromatic carbocycles. The third-order valence-electron chi connectivity index (χ3n) is 6.07. The molecule has 0 aliphatic carbocycles. The zero-order valence-corrected chi connectivity index (χ0v) is 26.7. The number of ketones is 1. The van der Waals surface area contributed by atoms with Crippen molar-refractivity contribution in [2.75, 3.05) is 7.11 Å². The Hall–Kier alpha value is -3.21. The van der Waals surface area contributed by atoms with Gasteiger partial charge in [-0.1, -0.05) is 61.5 Å². The molecule has 0 saturated carbocycles. The van der Waals surface area contributed by atoms with Crippen LogP contribution in [0.2, 0.25) is 0 Å². The summed E-state index contributed by atoms with van der Waals surface area (Å²) in [7, 11) is 1.68. The van der Waals surface area contributed by atoms with Gasteiger partial charge >= 0.3 is 0 Å². The SMILES string of the molecule is CC(C)(C)C(=O)/C=C(\O)C(C)(C)C.COc1cc2ccc(-n3cccc3)cc2nc1-c1[c-]c(C)cc(C)c1.[Ir]. The monoisotopic (exact) mass is 704 g/mol. The molecule has 1 radical (unpaired) electrons. The van der Waals surface area contributed by atoms with E-state index in [1.54, 1.807) is 7.11 Å². The Morgan fingerprint density at radius 1 is 0.974 bits per heavy atom. The molecule has 0 spiro atoms. The maximum Gasteiger partial charge on any atom is 0.164 e. The molecule has 2 heterocycles. The van der Waals surface area contributed by atoms with Gasteiger partial charge in [0.05, 0.1) is 12.6 Å². The van der Waals surface area contributed by atoms with E-state index < -0.39 is 5.41 Å². The fourth-order valence-electron chi connectivity index (χ4n) is 3.73. The number of carbonyl (C=O) groups is 1. The molecule has 2 aromatic heterocycles. The normalized spacial score (nSPS) is 11.9. The number of pyridine rings is 1. The number of methoxy groups -OCH3 is 1. The van der Waals surface area contributed by atoms with E-state index in [4.69, 9.17) is 9.72 Å². The van der Waals surface area contributed by atoms with Gasteiger partial charge in [0.1, 0.15) is 11.5 Å². The Labute approximate surface area is 246 Å². The van der Waals surface area contributed by atoms with E-state index in [0.717, 1.165) is 39.2 Å². The zero-order valence-electron chi connectivity index (χ0n) is 24.3. The maximum atomic E-state index is 11.5. The topological polar surface area (TPSA) is 64.3 Å². The van der Waals surface area contributed by atoms with Crippen LogP contribution < -0.4 is 4.74 Å².